The Bertz CT molecular complexity index is 1420. The number of para-hydroxylation sites is 1. The molecule has 5 nitrogen and oxygen atoms in total. The molecule has 1 N–H and O–H groups in total. The van der Waals surface area contributed by atoms with E-state index in [1.165, 1.54) is 27.8 Å². The quantitative estimate of drug-likeness (QED) is 0.269. The van der Waals surface area contributed by atoms with Gasteiger partial charge in [-0.3, -0.25) is 14.2 Å². The highest BCUT2D eigenvalue weighted by atomic mass is 32.2. The van der Waals surface area contributed by atoms with Crippen LogP contribution in [-0.2, 0) is 24.1 Å². The predicted octanol–water partition coefficient (Wildman–Crippen LogP) is 5.93. The van der Waals surface area contributed by atoms with E-state index in [1.807, 2.05) is 55.5 Å². The van der Waals surface area contributed by atoms with E-state index in [0.717, 1.165) is 59.3 Å². The molecule has 0 unspecified atom stereocenters. The first-order valence-electron chi connectivity index (χ1n) is 11.7. The summed E-state index contributed by atoms with van der Waals surface area (Å²) < 4.78 is 1.69. The molecule has 0 aliphatic heterocycles. The molecular formula is C27H27N3O2S2. The summed E-state index contributed by atoms with van der Waals surface area (Å²) in [6.45, 7) is 4.08. The number of benzene rings is 2. The first kappa shape index (κ1) is 22.9. The van der Waals surface area contributed by atoms with Crippen molar-refractivity contribution in [3.63, 3.8) is 0 Å². The summed E-state index contributed by atoms with van der Waals surface area (Å²) in [6.07, 6.45) is 5.16. The molecule has 0 radical (unpaired) electrons. The average Bonchev–Trinajstić information content (AvgIpc) is 3.23. The van der Waals surface area contributed by atoms with Gasteiger partial charge in [-0.05, 0) is 73.9 Å². The number of nitrogens with zero attached hydrogens (tertiary/aromatic N) is 2. The van der Waals surface area contributed by atoms with Crippen LogP contribution in [0.5, 0.6) is 0 Å². The summed E-state index contributed by atoms with van der Waals surface area (Å²) in [5.74, 6) is 0.0525. The zero-order valence-corrected chi connectivity index (χ0v) is 21.0. The molecule has 174 valence electrons. The van der Waals surface area contributed by atoms with E-state index in [4.69, 9.17) is 4.98 Å². The molecule has 1 amide bonds. The third-order valence-electron chi connectivity index (χ3n) is 6.31. The van der Waals surface area contributed by atoms with Crippen LogP contribution in [0.1, 0.15) is 41.3 Å². The largest absolute Gasteiger partial charge is 0.325 e. The van der Waals surface area contributed by atoms with Crippen LogP contribution in [0, 0.1) is 6.92 Å². The number of amides is 1. The highest BCUT2D eigenvalue weighted by Gasteiger charge is 2.23. The molecule has 34 heavy (non-hydrogen) atoms. The number of carbonyl (C=O) groups is 1. The second kappa shape index (κ2) is 9.76. The molecule has 0 atom stereocenters. The summed E-state index contributed by atoms with van der Waals surface area (Å²) in [5, 5.41) is 4.29. The number of thiophene rings is 1. The van der Waals surface area contributed by atoms with Crippen LogP contribution < -0.4 is 10.9 Å². The lowest BCUT2D eigenvalue weighted by Crippen LogP contribution is -2.23. The average molecular weight is 490 g/mol. The van der Waals surface area contributed by atoms with Gasteiger partial charge in [0.15, 0.2) is 5.16 Å². The maximum Gasteiger partial charge on any atom is 0.267 e. The third-order valence-corrected chi connectivity index (χ3v) is 8.44. The van der Waals surface area contributed by atoms with E-state index in [0.29, 0.717) is 5.16 Å². The van der Waals surface area contributed by atoms with E-state index < -0.39 is 0 Å². The minimum Gasteiger partial charge on any atom is -0.325 e. The summed E-state index contributed by atoms with van der Waals surface area (Å²) in [4.78, 5) is 33.6. The zero-order chi connectivity index (χ0) is 23.7. The van der Waals surface area contributed by atoms with Crippen LogP contribution in [0.4, 0.5) is 5.69 Å². The van der Waals surface area contributed by atoms with E-state index in [-0.39, 0.29) is 17.2 Å². The van der Waals surface area contributed by atoms with Crippen molar-refractivity contribution >= 4 is 44.9 Å². The molecule has 2 aromatic heterocycles. The molecular weight excluding hydrogens is 462 g/mol. The SMILES string of the molecule is CCc1ccc(-n2c(SCC(=O)Nc3ccccc3C)nc3sc4c(c3c2=O)CCCC4)cc1. The highest BCUT2D eigenvalue weighted by molar-refractivity contribution is 7.99. The Morgan fingerprint density at radius 3 is 2.65 bits per heavy atom. The molecule has 4 aromatic rings. The number of aromatic nitrogens is 2. The van der Waals surface area contributed by atoms with Crippen molar-refractivity contribution in [1.29, 1.82) is 0 Å². The maximum atomic E-state index is 13.8. The first-order valence-corrected chi connectivity index (χ1v) is 13.5. The second-order valence-corrected chi connectivity index (χ2v) is 10.6. The highest BCUT2D eigenvalue weighted by Crippen LogP contribution is 2.35. The van der Waals surface area contributed by atoms with Gasteiger partial charge in [0, 0.05) is 10.6 Å². The molecule has 1 aliphatic carbocycles. The van der Waals surface area contributed by atoms with E-state index >= 15 is 0 Å². The lowest BCUT2D eigenvalue weighted by molar-refractivity contribution is -0.113. The Balaban J connectivity index is 1.53. The Morgan fingerprint density at radius 1 is 1.12 bits per heavy atom. The van der Waals surface area contributed by atoms with Gasteiger partial charge in [0.2, 0.25) is 5.91 Å². The number of aryl methyl sites for hydroxylation is 4. The lowest BCUT2D eigenvalue weighted by Gasteiger charge is -2.14. The van der Waals surface area contributed by atoms with Crippen molar-refractivity contribution in [2.24, 2.45) is 0 Å². The van der Waals surface area contributed by atoms with Crippen LogP contribution in [-0.4, -0.2) is 21.2 Å². The monoisotopic (exact) mass is 489 g/mol. The molecule has 0 spiro atoms. The van der Waals surface area contributed by atoms with Crippen LogP contribution >= 0.6 is 23.1 Å². The molecule has 7 heteroatoms. The third kappa shape index (κ3) is 4.42. The number of nitrogens with one attached hydrogen (secondary N) is 1. The Kier molecular flexibility index (Phi) is 6.57. The fraction of sp³-hybridized carbons (Fsp3) is 0.296. The number of carbonyl (C=O) groups excluding carboxylic acids is 1. The number of thioether (sulfide) groups is 1. The van der Waals surface area contributed by atoms with E-state index in [1.54, 1.807) is 15.9 Å². The zero-order valence-electron chi connectivity index (χ0n) is 19.4. The topological polar surface area (TPSA) is 64.0 Å². The van der Waals surface area contributed by atoms with Gasteiger partial charge in [-0.2, -0.15) is 0 Å². The first-order chi connectivity index (χ1) is 16.5. The minimum atomic E-state index is -0.119. The van der Waals surface area contributed by atoms with Gasteiger partial charge in [0.25, 0.3) is 5.56 Å². The van der Waals surface area contributed by atoms with Crippen molar-refractivity contribution in [2.45, 2.75) is 51.1 Å². The maximum absolute atomic E-state index is 13.8. The summed E-state index contributed by atoms with van der Waals surface area (Å²) in [5.41, 5.74) is 4.96. The van der Waals surface area contributed by atoms with Crippen molar-refractivity contribution < 1.29 is 4.79 Å². The summed E-state index contributed by atoms with van der Waals surface area (Å²) in [6, 6.07) is 15.8. The lowest BCUT2D eigenvalue weighted by atomic mass is 9.97. The molecule has 1 aliphatic rings. The molecule has 0 fully saturated rings. The van der Waals surface area contributed by atoms with Crippen LogP contribution in [0.25, 0.3) is 15.9 Å². The van der Waals surface area contributed by atoms with Crippen LogP contribution in [0.2, 0.25) is 0 Å². The fourth-order valence-corrected chi connectivity index (χ4v) is 6.54. The number of rotatable bonds is 6. The summed E-state index contributed by atoms with van der Waals surface area (Å²) >= 11 is 2.94. The van der Waals surface area contributed by atoms with Crippen molar-refractivity contribution in [1.82, 2.24) is 9.55 Å². The van der Waals surface area contributed by atoms with Crippen LogP contribution in [0.3, 0.4) is 0 Å². The Hall–Kier alpha value is -2.90. The smallest absolute Gasteiger partial charge is 0.267 e. The van der Waals surface area contributed by atoms with Gasteiger partial charge in [-0.25, -0.2) is 4.98 Å². The molecule has 0 saturated carbocycles. The molecule has 5 rings (SSSR count). The van der Waals surface area contributed by atoms with E-state index in [2.05, 4.69) is 12.2 Å². The van der Waals surface area contributed by atoms with Crippen LogP contribution in [0.15, 0.2) is 58.5 Å². The van der Waals surface area contributed by atoms with Gasteiger partial charge in [0.05, 0.1) is 16.8 Å². The predicted molar refractivity (Wildman–Crippen MR) is 142 cm³/mol. The minimum absolute atomic E-state index is 0.0320. The standard InChI is InChI=1S/C27H27N3O2S2/c1-3-18-12-14-19(15-13-18)30-26(32)24-20-9-5-7-11-22(20)34-25(24)29-27(30)33-16-23(31)28-21-10-6-4-8-17(21)2/h4,6,8,10,12-15H,3,5,7,9,11,16H2,1-2H3,(H,28,31). The van der Waals surface area contributed by atoms with Gasteiger partial charge in [0.1, 0.15) is 4.83 Å². The van der Waals surface area contributed by atoms with Gasteiger partial charge in [-0.1, -0.05) is 49.0 Å². The number of hydrogen-bond donors (Lipinski definition) is 1. The number of fused-ring (bicyclic) bond motifs is 3. The number of hydrogen-bond acceptors (Lipinski definition) is 5. The van der Waals surface area contributed by atoms with Crippen molar-refractivity contribution in [3.8, 4) is 5.69 Å². The van der Waals surface area contributed by atoms with Crippen molar-refractivity contribution in [2.75, 3.05) is 11.1 Å². The Morgan fingerprint density at radius 2 is 1.88 bits per heavy atom. The Labute approximate surface area is 207 Å². The van der Waals surface area contributed by atoms with E-state index in [9.17, 15) is 9.59 Å². The molecule has 2 heterocycles. The van der Waals surface area contributed by atoms with Gasteiger partial charge < -0.3 is 5.32 Å². The second-order valence-electron chi connectivity index (χ2n) is 8.60. The van der Waals surface area contributed by atoms with Crippen molar-refractivity contribution in [3.05, 3.63) is 80.5 Å². The fourth-order valence-electron chi connectivity index (χ4n) is 4.42. The number of anilines is 1. The molecule has 0 bridgehead atoms. The van der Waals surface area contributed by atoms with Gasteiger partial charge >= 0.3 is 0 Å². The van der Waals surface area contributed by atoms with Gasteiger partial charge in [-0.15, -0.1) is 11.3 Å². The normalized spacial score (nSPS) is 13.1. The molecule has 2 aromatic carbocycles. The summed E-state index contributed by atoms with van der Waals surface area (Å²) in [7, 11) is 0. The molecule has 0 saturated heterocycles.